The average molecular weight is 263 g/mol. The van der Waals surface area contributed by atoms with Crippen LogP contribution in [0.5, 0.6) is 0 Å². The van der Waals surface area contributed by atoms with Gasteiger partial charge in [0.25, 0.3) is 0 Å². The normalized spacial score (nSPS) is 13.2. The first-order chi connectivity index (χ1) is 9.13. The Bertz CT molecular complexity index is 324. The van der Waals surface area contributed by atoms with Gasteiger partial charge in [-0.15, -0.1) is 0 Å². The molecule has 0 aromatic heterocycles. The standard InChI is InChI=1S/C16H29N3/c1-5-17-16(15-10-7-6-8-11-15)14-19(4)13-9-12-18(2)3/h6-8,10-11,16-17H,5,9,12-14H2,1-4H3. The number of nitrogens with one attached hydrogen (secondary N) is 1. The third-order valence-corrected chi connectivity index (χ3v) is 3.29. The molecule has 0 radical (unpaired) electrons. The molecule has 0 aliphatic rings. The second-order valence-electron chi connectivity index (χ2n) is 5.44. The van der Waals surface area contributed by atoms with Crippen LogP contribution in [0, 0.1) is 0 Å². The molecule has 0 bridgehead atoms. The zero-order valence-corrected chi connectivity index (χ0v) is 12.9. The highest BCUT2D eigenvalue weighted by Gasteiger charge is 2.12. The van der Waals surface area contributed by atoms with E-state index >= 15 is 0 Å². The van der Waals surface area contributed by atoms with Crippen LogP contribution in [0.4, 0.5) is 0 Å². The van der Waals surface area contributed by atoms with Gasteiger partial charge in [-0.25, -0.2) is 0 Å². The summed E-state index contributed by atoms with van der Waals surface area (Å²) in [7, 11) is 6.47. The maximum absolute atomic E-state index is 3.58. The van der Waals surface area contributed by atoms with Crippen molar-refractivity contribution in [1.29, 1.82) is 0 Å². The molecule has 0 spiro atoms. The molecule has 0 fully saturated rings. The molecule has 19 heavy (non-hydrogen) atoms. The fraction of sp³-hybridized carbons (Fsp3) is 0.625. The van der Waals surface area contributed by atoms with E-state index in [0.717, 1.165) is 26.2 Å². The lowest BCUT2D eigenvalue weighted by atomic mass is 10.1. The van der Waals surface area contributed by atoms with Gasteiger partial charge in [0.1, 0.15) is 0 Å². The van der Waals surface area contributed by atoms with Crippen LogP contribution in [0.1, 0.15) is 24.9 Å². The van der Waals surface area contributed by atoms with E-state index in [1.54, 1.807) is 0 Å². The molecule has 0 amide bonds. The molecule has 3 heteroatoms. The quantitative estimate of drug-likeness (QED) is 0.737. The third kappa shape index (κ3) is 6.71. The van der Waals surface area contributed by atoms with E-state index in [1.165, 1.54) is 12.0 Å². The summed E-state index contributed by atoms with van der Waals surface area (Å²) in [6.45, 7) is 6.53. The Labute approximate surface area is 118 Å². The Hall–Kier alpha value is -0.900. The summed E-state index contributed by atoms with van der Waals surface area (Å²) in [5.41, 5.74) is 1.38. The van der Waals surface area contributed by atoms with Crippen molar-refractivity contribution in [2.45, 2.75) is 19.4 Å². The molecule has 1 unspecified atom stereocenters. The minimum atomic E-state index is 0.426. The molecule has 1 atom stereocenters. The molecule has 3 nitrogen and oxygen atoms in total. The zero-order valence-electron chi connectivity index (χ0n) is 12.9. The Balaban J connectivity index is 2.45. The van der Waals surface area contributed by atoms with Gasteiger partial charge in [-0.3, -0.25) is 0 Å². The van der Waals surface area contributed by atoms with E-state index in [0.29, 0.717) is 6.04 Å². The van der Waals surface area contributed by atoms with Crippen molar-refractivity contribution in [2.75, 3.05) is 47.3 Å². The van der Waals surface area contributed by atoms with E-state index in [-0.39, 0.29) is 0 Å². The highest BCUT2D eigenvalue weighted by molar-refractivity contribution is 5.19. The summed E-state index contributed by atoms with van der Waals surface area (Å²) in [4.78, 5) is 4.66. The number of benzene rings is 1. The van der Waals surface area contributed by atoms with Crippen LogP contribution in [-0.2, 0) is 0 Å². The molecule has 1 N–H and O–H groups in total. The van der Waals surface area contributed by atoms with Gasteiger partial charge in [-0.1, -0.05) is 37.3 Å². The fourth-order valence-corrected chi connectivity index (χ4v) is 2.28. The lowest BCUT2D eigenvalue weighted by Gasteiger charge is -2.25. The zero-order chi connectivity index (χ0) is 14.1. The Kier molecular flexibility index (Phi) is 7.72. The molecule has 0 saturated carbocycles. The summed E-state index contributed by atoms with van der Waals surface area (Å²) in [5.74, 6) is 0. The Morgan fingerprint density at radius 2 is 1.74 bits per heavy atom. The first kappa shape index (κ1) is 16.2. The van der Waals surface area contributed by atoms with Crippen molar-refractivity contribution in [3.63, 3.8) is 0 Å². The number of hydrogen-bond acceptors (Lipinski definition) is 3. The van der Waals surface area contributed by atoms with Crippen molar-refractivity contribution < 1.29 is 0 Å². The molecule has 0 heterocycles. The number of rotatable bonds is 9. The molecule has 0 aliphatic carbocycles. The number of nitrogens with zero attached hydrogens (tertiary/aromatic N) is 2. The number of hydrogen-bond donors (Lipinski definition) is 1. The molecule has 1 rings (SSSR count). The van der Waals surface area contributed by atoms with Gasteiger partial charge in [0.2, 0.25) is 0 Å². The molecule has 0 saturated heterocycles. The highest BCUT2D eigenvalue weighted by atomic mass is 15.1. The number of likely N-dealkylation sites (N-methyl/N-ethyl adjacent to an activating group) is 2. The molecule has 108 valence electrons. The van der Waals surface area contributed by atoms with Crippen LogP contribution in [-0.4, -0.2) is 57.1 Å². The maximum atomic E-state index is 3.58. The van der Waals surface area contributed by atoms with Crippen molar-refractivity contribution in [3.05, 3.63) is 35.9 Å². The second-order valence-corrected chi connectivity index (χ2v) is 5.44. The topological polar surface area (TPSA) is 18.5 Å². The third-order valence-electron chi connectivity index (χ3n) is 3.29. The summed E-state index contributed by atoms with van der Waals surface area (Å²) >= 11 is 0. The van der Waals surface area contributed by atoms with Crippen molar-refractivity contribution >= 4 is 0 Å². The smallest absolute Gasteiger partial charge is 0.0449 e. The van der Waals surface area contributed by atoms with Crippen LogP contribution >= 0.6 is 0 Å². The van der Waals surface area contributed by atoms with Crippen LogP contribution in [0.2, 0.25) is 0 Å². The van der Waals surface area contributed by atoms with Gasteiger partial charge < -0.3 is 15.1 Å². The van der Waals surface area contributed by atoms with Gasteiger partial charge in [0.15, 0.2) is 0 Å². The maximum Gasteiger partial charge on any atom is 0.0449 e. The summed E-state index contributed by atoms with van der Waals surface area (Å²) < 4.78 is 0. The lowest BCUT2D eigenvalue weighted by Crippen LogP contribution is -2.34. The molecule has 0 aliphatic heterocycles. The minimum absolute atomic E-state index is 0.426. The van der Waals surface area contributed by atoms with E-state index in [9.17, 15) is 0 Å². The molecule has 1 aromatic rings. The monoisotopic (exact) mass is 263 g/mol. The average Bonchev–Trinajstić information content (AvgIpc) is 2.39. The van der Waals surface area contributed by atoms with Crippen LogP contribution < -0.4 is 5.32 Å². The summed E-state index contributed by atoms with van der Waals surface area (Å²) in [6.07, 6.45) is 1.22. The van der Waals surface area contributed by atoms with Crippen molar-refractivity contribution in [1.82, 2.24) is 15.1 Å². The Morgan fingerprint density at radius 3 is 2.32 bits per heavy atom. The van der Waals surface area contributed by atoms with Gasteiger partial charge >= 0.3 is 0 Å². The van der Waals surface area contributed by atoms with E-state index in [2.05, 4.69) is 73.5 Å². The first-order valence-corrected chi connectivity index (χ1v) is 7.25. The highest BCUT2D eigenvalue weighted by Crippen LogP contribution is 2.13. The summed E-state index contributed by atoms with van der Waals surface area (Å²) in [5, 5.41) is 3.58. The van der Waals surface area contributed by atoms with Crippen LogP contribution in [0.25, 0.3) is 0 Å². The molecular formula is C16H29N3. The van der Waals surface area contributed by atoms with Crippen LogP contribution in [0.15, 0.2) is 30.3 Å². The minimum Gasteiger partial charge on any atom is -0.309 e. The largest absolute Gasteiger partial charge is 0.309 e. The van der Waals surface area contributed by atoms with E-state index in [4.69, 9.17) is 0 Å². The second kappa shape index (κ2) is 9.08. The van der Waals surface area contributed by atoms with Gasteiger partial charge in [0.05, 0.1) is 0 Å². The van der Waals surface area contributed by atoms with Gasteiger partial charge in [0, 0.05) is 12.6 Å². The Morgan fingerprint density at radius 1 is 1.05 bits per heavy atom. The predicted molar refractivity (Wildman–Crippen MR) is 83.5 cm³/mol. The predicted octanol–water partition coefficient (Wildman–Crippen LogP) is 2.22. The molecular weight excluding hydrogens is 234 g/mol. The van der Waals surface area contributed by atoms with Gasteiger partial charge in [-0.05, 0) is 52.8 Å². The fourth-order valence-electron chi connectivity index (χ4n) is 2.28. The summed E-state index contributed by atoms with van der Waals surface area (Å²) in [6, 6.07) is 11.2. The molecule has 1 aromatic carbocycles. The van der Waals surface area contributed by atoms with Crippen molar-refractivity contribution in [2.24, 2.45) is 0 Å². The van der Waals surface area contributed by atoms with E-state index < -0.39 is 0 Å². The van der Waals surface area contributed by atoms with Gasteiger partial charge in [-0.2, -0.15) is 0 Å². The van der Waals surface area contributed by atoms with Crippen molar-refractivity contribution in [3.8, 4) is 0 Å². The lowest BCUT2D eigenvalue weighted by molar-refractivity contribution is 0.272. The van der Waals surface area contributed by atoms with E-state index in [1.807, 2.05) is 0 Å². The van der Waals surface area contributed by atoms with Crippen LogP contribution in [0.3, 0.4) is 0 Å². The SMILES string of the molecule is CCNC(CN(C)CCCN(C)C)c1ccccc1. The first-order valence-electron chi connectivity index (χ1n) is 7.25.